The molecule has 0 saturated carbocycles. The van der Waals surface area contributed by atoms with Gasteiger partial charge in [0.2, 0.25) is 0 Å². The second kappa shape index (κ2) is 15.9. The largest absolute Gasteiger partial charge is 0.455 e. The van der Waals surface area contributed by atoms with Gasteiger partial charge in [-0.3, -0.25) is 4.99 Å². The van der Waals surface area contributed by atoms with E-state index in [4.69, 9.17) is 9.41 Å². The van der Waals surface area contributed by atoms with Crippen LogP contribution in [0.1, 0.15) is 62.3 Å². The number of fused-ring (bicyclic) bond motifs is 4. The maximum absolute atomic E-state index is 6.85. The SMILES string of the molecule is CCC1CC(c2cccc3oc4c(-c5ccc6ccccc6c5)cccc4c23)/N=C(/c2ccccc2)CC/C(C)=C/1c1ccc(-c2ccc(-c3ccccc3)cc2)cc1. The van der Waals surface area contributed by atoms with Gasteiger partial charge >= 0.3 is 0 Å². The molecule has 0 fully saturated rings. The average Bonchev–Trinajstić information content (AvgIpc) is 3.72. The lowest BCUT2D eigenvalue weighted by molar-refractivity contribution is 0.518. The number of benzene rings is 8. The first kappa shape index (κ1) is 36.6. The Balaban J connectivity index is 1.05. The van der Waals surface area contributed by atoms with Gasteiger partial charge in [-0.05, 0) is 112 Å². The zero-order valence-corrected chi connectivity index (χ0v) is 33.7. The second-order valence-electron chi connectivity index (χ2n) is 16.1. The fourth-order valence-electron chi connectivity index (χ4n) is 9.45. The number of furan rings is 1. The molecule has 0 bridgehead atoms. The van der Waals surface area contributed by atoms with Gasteiger partial charge < -0.3 is 4.42 Å². The van der Waals surface area contributed by atoms with E-state index < -0.39 is 0 Å². The van der Waals surface area contributed by atoms with Crippen LogP contribution in [0.15, 0.2) is 203 Å². The van der Waals surface area contributed by atoms with Crippen LogP contribution in [0.2, 0.25) is 0 Å². The zero-order chi connectivity index (χ0) is 39.7. The number of allylic oxidation sites excluding steroid dienone is 2. The number of rotatable bonds is 7. The predicted octanol–water partition coefficient (Wildman–Crippen LogP) is 16.0. The maximum Gasteiger partial charge on any atom is 0.143 e. The van der Waals surface area contributed by atoms with E-state index in [0.29, 0.717) is 5.92 Å². The molecule has 2 atom stereocenters. The van der Waals surface area contributed by atoms with Gasteiger partial charge in [0.05, 0.1) is 6.04 Å². The molecule has 2 unspecified atom stereocenters. The minimum atomic E-state index is -0.0627. The summed E-state index contributed by atoms with van der Waals surface area (Å²) in [6, 6.07) is 68.1. The summed E-state index contributed by atoms with van der Waals surface area (Å²) in [6.07, 6.45) is 3.77. The molecule has 10 rings (SSSR count). The third-order valence-electron chi connectivity index (χ3n) is 12.5. The minimum Gasteiger partial charge on any atom is -0.455 e. The van der Waals surface area contributed by atoms with Gasteiger partial charge in [0.25, 0.3) is 0 Å². The van der Waals surface area contributed by atoms with E-state index in [9.17, 15) is 0 Å². The van der Waals surface area contributed by atoms with E-state index in [0.717, 1.165) is 53.4 Å². The van der Waals surface area contributed by atoms with Crippen molar-refractivity contribution < 1.29 is 4.42 Å². The quantitative estimate of drug-likeness (QED) is 0.159. The standard InChI is InChI=1S/C57H47NO/c1-3-39-37-53(50-21-13-23-54-56(50)51-22-12-20-49(57(51)59-54)48-34-31-41-16-10-11-19-47(41)36-48)58-52(45-17-8-5-9-18-45)35-24-38(2)55(39)46-32-29-44(30-33-46)43-27-25-42(26-28-43)40-14-6-4-7-15-40/h4-23,25-34,36,39,53H,3,24,35,37H2,1-2H3/b55-38-,58-52+. The molecule has 2 nitrogen and oxygen atoms in total. The summed E-state index contributed by atoms with van der Waals surface area (Å²) < 4.78 is 6.85. The molecule has 0 N–H and O–H groups in total. The summed E-state index contributed by atoms with van der Waals surface area (Å²) in [6.45, 7) is 4.71. The molecule has 1 aromatic heterocycles. The lowest BCUT2D eigenvalue weighted by Crippen LogP contribution is -2.11. The first-order chi connectivity index (χ1) is 29.1. The van der Waals surface area contributed by atoms with Crippen LogP contribution in [0.3, 0.4) is 0 Å². The molecule has 9 aromatic rings. The first-order valence-electron chi connectivity index (χ1n) is 21.1. The molecule has 286 valence electrons. The zero-order valence-electron chi connectivity index (χ0n) is 33.7. The van der Waals surface area contributed by atoms with Crippen LogP contribution in [-0.2, 0) is 0 Å². The van der Waals surface area contributed by atoms with Crippen LogP contribution in [0, 0.1) is 5.92 Å². The topological polar surface area (TPSA) is 25.5 Å². The van der Waals surface area contributed by atoms with Gasteiger partial charge in [0, 0.05) is 22.0 Å². The maximum atomic E-state index is 6.85. The van der Waals surface area contributed by atoms with Crippen molar-refractivity contribution in [1.82, 2.24) is 0 Å². The molecular formula is C57H47NO. The van der Waals surface area contributed by atoms with Crippen LogP contribution >= 0.6 is 0 Å². The van der Waals surface area contributed by atoms with Crippen LogP contribution in [0.4, 0.5) is 0 Å². The molecule has 2 heterocycles. The van der Waals surface area contributed by atoms with Crippen molar-refractivity contribution in [2.75, 3.05) is 0 Å². The van der Waals surface area contributed by atoms with E-state index in [1.165, 1.54) is 72.0 Å². The molecule has 1 aliphatic rings. The third-order valence-corrected chi connectivity index (χ3v) is 12.5. The highest BCUT2D eigenvalue weighted by Crippen LogP contribution is 2.45. The molecule has 8 aromatic carbocycles. The normalized spacial score (nSPS) is 18.3. The number of nitrogens with zero attached hydrogens (tertiary/aromatic N) is 1. The Morgan fingerprint density at radius 1 is 0.525 bits per heavy atom. The summed E-state index contributed by atoms with van der Waals surface area (Å²) in [5.74, 6) is 0.316. The van der Waals surface area contributed by atoms with Gasteiger partial charge in [0.1, 0.15) is 11.2 Å². The van der Waals surface area contributed by atoms with Crippen molar-refractivity contribution in [3.05, 3.63) is 210 Å². The van der Waals surface area contributed by atoms with Gasteiger partial charge in [0.15, 0.2) is 0 Å². The van der Waals surface area contributed by atoms with E-state index in [1.807, 2.05) is 0 Å². The highest BCUT2D eigenvalue weighted by Gasteiger charge is 2.28. The van der Waals surface area contributed by atoms with Crippen molar-refractivity contribution in [3.8, 4) is 33.4 Å². The molecule has 0 spiro atoms. The van der Waals surface area contributed by atoms with E-state index in [2.05, 4.69) is 202 Å². The molecular weight excluding hydrogens is 715 g/mol. The Morgan fingerprint density at radius 2 is 1.12 bits per heavy atom. The Morgan fingerprint density at radius 3 is 1.81 bits per heavy atom. The Hall–Kier alpha value is -6.77. The summed E-state index contributed by atoms with van der Waals surface area (Å²) in [5.41, 5.74) is 16.9. The van der Waals surface area contributed by atoms with Crippen LogP contribution in [0.5, 0.6) is 0 Å². The number of aliphatic imine (C=N–C) groups is 1. The van der Waals surface area contributed by atoms with Gasteiger partial charge in [-0.25, -0.2) is 0 Å². The number of hydrogen-bond acceptors (Lipinski definition) is 2. The Labute approximate surface area is 347 Å². The van der Waals surface area contributed by atoms with Crippen molar-refractivity contribution >= 4 is 44.0 Å². The molecule has 0 saturated heterocycles. The lowest BCUT2D eigenvalue weighted by Gasteiger charge is -2.25. The molecule has 0 aliphatic carbocycles. The van der Waals surface area contributed by atoms with Gasteiger partial charge in [-0.1, -0.05) is 188 Å². The smallest absolute Gasteiger partial charge is 0.143 e. The van der Waals surface area contributed by atoms with Crippen molar-refractivity contribution in [1.29, 1.82) is 0 Å². The van der Waals surface area contributed by atoms with Gasteiger partial charge in [-0.15, -0.1) is 0 Å². The van der Waals surface area contributed by atoms with Crippen molar-refractivity contribution in [2.24, 2.45) is 10.9 Å². The van der Waals surface area contributed by atoms with Crippen LogP contribution in [-0.4, -0.2) is 5.71 Å². The van der Waals surface area contributed by atoms with Gasteiger partial charge in [-0.2, -0.15) is 0 Å². The minimum absolute atomic E-state index is 0.0627. The second-order valence-corrected chi connectivity index (χ2v) is 16.1. The molecule has 2 heteroatoms. The number of para-hydroxylation sites is 1. The van der Waals surface area contributed by atoms with E-state index in [-0.39, 0.29) is 6.04 Å². The predicted molar refractivity (Wildman–Crippen MR) is 250 cm³/mol. The number of hydrogen-bond donors (Lipinski definition) is 0. The summed E-state index contributed by atoms with van der Waals surface area (Å²) in [4.78, 5) is 5.78. The average molecular weight is 762 g/mol. The first-order valence-corrected chi connectivity index (χ1v) is 21.1. The Kier molecular flexibility index (Phi) is 9.84. The Bertz CT molecular complexity index is 2990. The fourth-order valence-corrected chi connectivity index (χ4v) is 9.45. The monoisotopic (exact) mass is 761 g/mol. The highest BCUT2D eigenvalue weighted by atomic mass is 16.3. The van der Waals surface area contributed by atoms with Crippen LogP contribution < -0.4 is 0 Å². The highest BCUT2D eigenvalue weighted by molar-refractivity contribution is 6.12. The van der Waals surface area contributed by atoms with Crippen molar-refractivity contribution in [3.63, 3.8) is 0 Å². The summed E-state index contributed by atoms with van der Waals surface area (Å²) >= 11 is 0. The molecule has 0 amide bonds. The molecule has 1 aliphatic heterocycles. The summed E-state index contributed by atoms with van der Waals surface area (Å²) in [5, 5.41) is 4.78. The molecule has 0 radical (unpaired) electrons. The van der Waals surface area contributed by atoms with E-state index >= 15 is 0 Å². The lowest BCUT2D eigenvalue weighted by atomic mass is 9.80. The van der Waals surface area contributed by atoms with Crippen molar-refractivity contribution in [2.45, 2.75) is 45.6 Å². The van der Waals surface area contributed by atoms with E-state index in [1.54, 1.807) is 0 Å². The third kappa shape index (κ3) is 7.10. The van der Waals surface area contributed by atoms with Crippen LogP contribution in [0.25, 0.3) is 71.7 Å². The summed E-state index contributed by atoms with van der Waals surface area (Å²) in [7, 11) is 0. The molecule has 59 heavy (non-hydrogen) atoms. The fraction of sp³-hybridized carbons (Fsp3) is 0.140.